The number of hydrogen-bond acceptors (Lipinski definition) is 5. The van der Waals surface area contributed by atoms with E-state index >= 15 is 0 Å². The van der Waals surface area contributed by atoms with Gasteiger partial charge in [-0.25, -0.2) is 0 Å². The van der Waals surface area contributed by atoms with Crippen LogP contribution in [0.4, 0.5) is 11.6 Å². The fraction of sp³-hybridized carbons (Fsp3) is 0.0870. The van der Waals surface area contributed by atoms with Gasteiger partial charge in [-0.15, -0.1) is 0 Å². The minimum atomic E-state index is -0.408. The molecule has 2 N–H and O–H groups in total. The quantitative estimate of drug-likeness (QED) is 0.552. The van der Waals surface area contributed by atoms with Crippen molar-refractivity contribution in [2.45, 2.75) is 6.17 Å². The summed E-state index contributed by atoms with van der Waals surface area (Å²) < 4.78 is 10.9. The van der Waals surface area contributed by atoms with Gasteiger partial charge < -0.3 is 19.8 Å². The number of nitrogens with zero attached hydrogens (tertiary/aromatic N) is 2. The molecule has 0 amide bonds. The summed E-state index contributed by atoms with van der Waals surface area (Å²) in [4.78, 5) is 6.87. The Labute approximate surface area is 162 Å². The van der Waals surface area contributed by atoms with E-state index in [1.807, 2.05) is 48.5 Å². The number of amidine groups is 1. The van der Waals surface area contributed by atoms with E-state index in [0.717, 1.165) is 39.2 Å². The molecule has 1 aliphatic heterocycles. The molecule has 1 aromatic heterocycles. The number of ether oxygens (including phenoxy) is 1. The number of aliphatic imine (C=N–C) groups is 1. The van der Waals surface area contributed by atoms with Crippen LogP contribution in [-0.2, 0) is 0 Å². The fourth-order valence-corrected chi connectivity index (χ4v) is 3.67. The molecule has 0 saturated carbocycles. The van der Waals surface area contributed by atoms with Gasteiger partial charge in [0.25, 0.3) is 0 Å². The molecule has 0 saturated heterocycles. The van der Waals surface area contributed by atoms with Crippen LogP contribution in [0.2, 0.25) is 0 Å². The number of hydrogen-bond donors (Lipinski definition) is 1. The molecule has 1 aliphatic rings. The van der Waals surface area contributed by atoms with Crippen molar-refractivity contribution in [2.75, 3.05) is 12.0 Å². The Balaban J connectivity index is 1.73. The highest BCUT2D eigenvalue weighted by atomic mass is 16.5. The maximum atomic E-state index is 6.70. The molecule has 0 fully saturated rings. The molecule has 0 spiro atoms. The van der Waals surface area contributed by atoms with Gasteiger partial charge >= 0.3 is 0 Å². The molecule has 1 unspecified atom stereocenters. The van der Waals surface area contributed by atoms with Gasteiger partial charge in [-0.2, -0.15) is 4.99 Å². The molecule has 5 heteroatoms. The molecule has 1 atom stereocenters. The van der Waals surface area contributed by atoms with Crippen LogP contribution >= 0.6 is 0 Å². The molecule has 28 heavy (non-hydrogen) atoms. The first kappa shape index (κ1) is 16.6. The Kier molecular flexibility index (Phi) is 3.88. The SMILES string of the molecule is COc1ccc(C2=Nc3occc3C(N)N2c2cccc3ccccc23)cc1. The second-order valence-electron chi connectivity index (χ2n) is 6.66. The third-order valence-electron chi connectivity index (χ3n) is 5.08. The Hall–Kier alpha value is -3.57. The van der Waals surface area contributed by atoms with Crippen molar-refractivity contribution >= 4 is 28.2 Å². The van der Waals surface area contributed by atoms with Crippen LogP contribution in [0.25, 0.3) is 10.8 Å². The van der Waals surface area contributed by atoms with E-state index in [0.29, 0.717) is 5.88 Å². The second-order valence-corrected chi connectivity index (χ2v) is 6.66. The Morgan fingerprint density at radius 2 is 1.75 bits per heavy atom. The van der Waals surface area contributed by atoms with Crippen molar-refractivity contribution in [1.82, 2.24) is 0 Å². The van der Waals surface area contributed by atoms with Crippen molar-refractivity contribution in [3.63, 3.8) is 0 Å². The van der Waals surface area contributed by atoms with Gasteiger partial charge in [-0.3, -0.25) is 0 Å². The van der Waals surface area contributed by atoms with Crippen molar-refractivity contribution < 1.29 is 9.15 Å². The molecule has 0 bridgehead atoms. The summed E-state index contributed by atoms with van der Waals surface area (Å²) in [5.41, 5.74) is 9.51. The Bertz CT molecular complexity index is 1170. The minimum absolute atomic E-state index is 0.408. The largest absolute Gasteiger partial charge is 0.497 e. The zero-order chi connectivity index (χ0) is 19.1. The van der Waals surface area contributed by atoms with E-state index in [-0.39, 0.29) is 0 Å². The predicted octanol–water partition coefficient (Wildman–Crippen LogP) is 5.00. The van der Waals surface area contributed by atoms with Crippen molar-refractivity contribution in [2.24, 2.45) is 10.7 Å². The summed E-state index contributed by atoms with van der Waals surface area (Å²) in [5.74, 6) is 2.09. The van der Waals surface area contributed by atoms with Gasteiger partial charge in [0.2, 0.25) is 5.88 Å². The van der Waals surface area contributed by atoms with Gasteiger partial charge in [-0.1, -0.05) is 36.4 Å². The van der Waals surface area contributed by atoms with Crippen molar-refractivity contribution in [3.05, 3.63) is 90.2 Å². The maximum Gasteiger partial charge on any atom is 0.227 e. The van der Waals surface area contributed by atoms with Crippen LogP contribution < -0.4 is 15.4 Å². The highest BCUT2D eigenvalue weighted by Gasteiger charge is 2.32. The number of anilines is 1. The van der Waals surface area contributed by atoms with E-state index in [9.17, 15) is 0 Å². The van der Waals surface area contributed by atoms with Gasteiger partial charge in [0.05, 0.1) is 24.6 Å². The van der Waals surface area contributed by atoms with Gasteiger partial charge in [-0.05, 0) is 41.8 Å². The normalized spacial score (nSPS) is 16.0. The molecule has 138 valence electrons. The molecule has 4 aromatic rings. The van der Waals surface area contributed by atoms with E-state index in [1.165, 1.54) is 0 Å². The zero-order valence-corrected chi connectivity index (χ0v) is 15.4. The van der Waals surface area contributed by atoms with Crippen molar-refractivity contribution in [3.8, 4) is 5.75 Å². The van der Waals surface area contributed by atoms with Crippen LogP contribution in [0.5, 0.6) is 5.75 Å². The Morgan fingerprint density at radius 3 is 2.57 bits per heavy atom. The summed E-state index contributed by atoms with van der Waals surface area (Å²) in [5, 5.41) is 2.27. The first-order valence-corrected chi connectivity index (χ1v) is 9.09. The van der Waals surface area contributed by atoms with Crippen LogP contribution in [-0.4, -0.2) is 12.9 Å². The Morgan fingerprint density at radius 1 is 0.964 bits per heavy atom. The van der Waals surface area contributed by atoms with E-state index < -0.39 is 6.17 Å². The third kappa shape index (κ3) is 2.56. The van der Waals surface area contributed by atoms with Gasteiger partial charge in [0.1, 0.15) is 17.8 Å². The van der Waals surface area contributed by atoms with Crippen molar-refractivity contribution in [1.29, 1.82) is 0 Å². The summed E-state index contributed by atoms with van der Waals surface area (Å²) in [6.07, 6.45) is 1.22. The standard InChI is InChI=1S/C23H19N3O2/c1-27-17-11-9-16(10-12-17)22-25-23-19(13-14-28-23)21(24)26(22)20-8-4-6-15-5-2-3-7-18(15)20/h2-14,21H,24H2,1H3. The fourth-order valence-electron chi connectivity index (χ4n) is 3.67. The summed E-state index contributed by atoms with van der Waals surface area (Å²) in [6, 6.07) is 24.2. The van der Waals surface area contributed by atoms with Crippen LogP contribution in [0.15, 0.2) is 88.5 Å². The number of nitrogens with two attached hydrogens (primary N) is 1. The monoisotopic (exact) mass is 369 g/mol. The maximum absolute atomic E-state index is 6.70. The molecule has 5 nitrogen and oxygen atoms in total. The first-order chi connectivity index (χ1) is 13.8. The third-order valence-corrected chi connectivity index (χ3v) is 5.08. The second kappa shape index (κ2) is 6.55. The highest BCUT2D eigenvalue weighted by molar-refractivity contribution is 6.15. The summed E-state index contributed by atoms with van der Waals surface area (Å²) >= 11 is 0. The number of rotatable bonds is 3. The lowest BCUT2D eigenvalue weighted by molar-refractivity contribution is 0.415. The summed E-state index contributed by atoms with van der Waals surface area (Å²) in [7, 11) is 1.65. The lowest BCUT2D eigenvalue weighted by Crippen LogP contribution is -2.42. The van der Waals surface area contributed by atoms with E-state index in [4.69, 9.17) is 19.9 Å². The highest BCUT2D eigenvalue weighted by Crippen LogP contribution is 2.40. The number of methoxy groups -OCH3 is 1. The predicted molar refractivity (Wildman–Crippen MR) is 111 cm³/mol. The summed E-state index contributed by atoms with van der Waals surface area (Å²) in [6.45, 7) is 0. The van der Waals surface area contributed by atoms with Gasteiger partial charge in [0, 0.05) is 10.9 Å². The molecule has 0 aliphatic carbocycles. The van der Waals surface area contributed by atoms with Crippen LogP contribution in [0.3, 0.4) is 0 Å². The average molecular weight is 369 g/mol. The molecular formula is C23H19N3O2. The topological polar surface area (TPSA) is 64.0 Å². The van der Waals surface area contributed by atoms with E-state index in [1.54, 1.807) is 13.4 Å². The van der Waals surface area contributed by atoms with Crippen LogP contribution in [0.1, 0.15) is 17.3 Å². The smallest absolute Gasteiger partial charge is 0.227 e. The lowest BCUT2D eigenvalue weighted by atomic mass is 10.0. The molecule has 2 heterocycles. The van der Waals surface area contributed by atoms with Crippen LogP contribution in [0, 0.1) is 0 Å². The number of fused-ring (bicyclic) bond motifs is 2. The average Bonchev–Trinajstić information content (AvgIpc) is 3.23. The molecule has 3 aromatic carbocycles. The first-order valence-electron chi connectivity index (χ1n) is 9.09. The molecule has 5 rings (SSSR count). The zero-order valence-electron chi connectivity index (χ0n) is 15.4. The molecular weight excluding hydrogens is 350 g/mol. The minimum Gasteiger partial charge on any atom is -0.497 e. The lowest BCUT2D eigenvalue weighted by Gasteiger charge is -2.35. The number of benzene rings is 3. The van der Waals surface area contributed by atoms with Gasteiger partial charge in [0.15, 0.2) is 0 Å². The molecule has 0 radical (unpaired) electrons. The van der Waals surface area contributed by atoms with E-state index in [2.05, 4.69) is 29.2 Å². The number of furan rings is 1.